The van der Waals surface area contributed by atoms with Gasteiger partial charge in [0.15, 0.2) is 0 Å². The molecule has 1 aromatic carbocycles. The van der Waals surface area contributed by atoms with Crippen LogP contribution in [0, 0.1) is 11.8 Å². The maximum Gasteiger partial charge on any atom is 0.229 e. The van der Waals surface area contributed by atoms with Crippen molar-refractivity contribution >= 4 is 11.6 Å². The number of amides is 1. The minimum atomic E-state index is -0.918. The highest BCUT2D eigenvalue weighted by Gasteiger charge is 2.76. The van der Waals surface area contributed by atoms with Crippen molar-refractivity contribution in [2.45, 2.75) is 42.5 Å². The molecule has 1 aliphatic carbocycles. The Balaban J connectivity index is 1.56. The van der Waals surface area contributed by atoms with E-state index in [2.05, 4.69) is 17.0 Å². The number of hydrogen-bond donors (Lipinski definition) is 1. The van der Waals surface area contributed by atoms with Crippen LogP contribution in [0.1, 0.15) is 24.8 Å². The Morgan fingerprint density at radius 1 is 1.36 bits per heavy atom. The van der Waals surface area contributed by atoms with Crippen LogP contribution in [-0.2, 0) is 14.9 Å². The average Bonchev–Trinajstić information content (AvgIpc) is 3.11. The minimum absolute atomic E-state index is 0.0450. The topological polar surface area (TPSA) is 62.2 Å². The number of carbonyl (C=O) groups is 1. The van der Waals surface area contributed by atoms with Gasteiger partial charge in [-0.25, -0.2) is 0 Å². The maximum absolute atomic E-state index is 13.3. The summed E-state index contributed by atoms with van der Waals surface area (Å²) in [4.78, 5) is 17.6. The lowest BCUT2D eigenvalue weighted by molar-refractivity contribution is -0.197. The maximum atomic E-state index is 13.3. The zero-order valence-corrected chi connectivity index (χ0v) is 15.9. The van der Waals surface area contributed by atoms with Crippen molar-refractivity contribution in [3.8, 4) is 5.75 Å². The van der Waals surface area contributed by atoms with Gasteiger partial charge >= 0.3 is 0 Å². The molecule has 0 radical (unpaired) electrons. The summed E-state index contributed by atoms with van der Waals surface area (Å²) in [6.07, 6.45) is 4.19. The van der Waals surface area contributed by atoms with Crippen molar-refractivity contribution in [3.63, 3.8) is 0 Å². The summed E-state index contributed by atoms with van der Waals surface area (Å²) in [6.45, 7) is 2.25. The molecule has 28 heavy (non-hydrogen) atoms. The summed E-state index contributed by atoms with van der Waals surface area (Å²) in [5.41, 5.74) is 2.07. The molecule has 6 nitrogen and oxygen atoms in total. The standard InChI is InChI=1S/C22H24N2O4/c1-27-13-2-3-16-15(8-13)21-5-6-23-11-12-4-7-28-17-9-18(25)24(16)20(21)19(17)14(12)10-22(21,23)26/h2-4,8,14,17,19-20,26H,5-7,9-11H2,1H3/t14-,17+,19+,20+,21+,22-/m1/s1. The largest absolute Gasteiger partial charge is 0.497 e. The number of aliphatic hydroxyl groups is 1. The molecule has 7 rings (SSSR count). The third kappa shape index (κ3) is 1.49. The molecule has 0 unspecified atom stereocenters. The highest BCUT2D eigenvalue weighted by atomic mass is 16.5. The van der Waals surface area contributed by atoms with E-state index >= 15 is 0 Å². The van der Waals surface area contributed by atoms with Crippen LogP contribution < -0.4 is 9.64 Å². The van der Waals surface area contributed by atoms with E-state index in [-0.39, 0.29) is 29.9 Å². The molecule has 6 atom stereocenters. The Bertz CT molecular complexity index is 960. The van der Waals surface area contributed by atoms with E-state index in [1.165, 1.54) is 5.57 Å². The van der Waals surface area contributed by atoms with Crippen molar-refractivity contribution in [2.75, 3.05) is 31.7 Å². The van der Waals surface area contributed by atoms with Crippen LogP contribution in [0.5, 0.6) is 5.75 Å². The molecular formula is C22H24N2O4. The molecule has 1 saturated carbocycles. The van der Waals surface area contributed by atoms with Gasteiger partial charge in [0.05, 0.1) is 37.7 Å². The second kappa shape index (κ2) is 4.81. The van der Waals surface area contributed by atoms with Crippen LogP contribution in [-0.4, -0.2) is 60.6 Å². The van der Waals surface area contributed by atoms with Crippen LogP contribution in [0.15, 0.2) is 29.8 Å². The normalized spacial score (nSPS) is 44.9. The predicted octanol–water partition coefficient (Wildman–Crippen LogP) is 1.42. The SMILES string of the molecule is COc1ccc2c(c1)[C@@]13CCN4CC5=CCO[C@H]6CC(=O)N2[C@H]1[C@H]6[C@@H]5C[C@]43O. The van der Waals surface area contributed by atoms with Crippen molar-refractivity contribution in [1.29, 1.82) is 0 Å². The molecule has 1 N–H and O–H groups in total. The van der Waals surface area contributed by atoms with Gasteiger partial charge in [0.2, 0.25) is 5.91 Å². The lowest BCUT2D eigenvalue weighted by Crippen LogP contribution is -2.74. The van der Waals surface area contributed by atoms with Crippen LogP contribution in [0.3, 0.4) is 0 Å². The second-order valence-electron chi connectivity index (χ2n) is 9.29. The van der Waals surface area contributed by atoms with E-state index in [1.807, 2.05) is 17.0 Å². The summed E-state index contributed by atoms with van der Waals surface area (Å²) in [7, 11) is 1.67. The quantitative estimate of drug-likeness (QED) is 0.747. The van der Waals surface area contributed by atoms with E-state index < -0.39 is 11.1 Å². The highest BCUT2D eigenvalue weighted by Crippen LogP contribution is 2.69. The van der Waals surface area contributed by atoms with Crippen molar-refractivity contribution in [3.05, 3.63) is 35.4 Å². The first kappa shape index (κ1) is 16.0. The van der Waals surface area contributed by atoms with E-state index in [9.17, 15) is 9.90 Å². The molecule has 5 aliphatic heterocycles. The number of fused-ring (bicyclic) bond motifs is 2. The van der Waals surface area contributed by atoms with Crippen LogP contribution in [0.2, 0.25) is 0 Å². The molecule has 4 fully saturated rings. The molecule has 1 aromatic rings. The van der Waals surface area contributed by atoms with Gasteiger partial charge in [-0.15, -0.1) is 0 Å². The molecular weight excluding hydrogens is 356 g/mol. The molecule has 3 saturated heterocycles. The molecule has 6 heteroatoms. The second-order valence-corrected chi connectivity index (χ2v) is 9.29. The number of nitrogens with zero attached hydrogens (tertiary/aromatic N) is 2. The number of piperidine rings is 2. The van der Waals surface area contributed by atoms with E-state index in [0.29, 0.717) is 13.0 Å². The third-order valence-electron chi connectivity index (χ3n) is 8.65. The average molecular weight is 380 g/mol. The van der Waals surface area contributed by atoms with Crippen LogP contribution in [0.4, 0.5) is 5.69 Å². The summed E-state index contributed by atoms with van der Waals surface area (Å²) in [6, 6.07) is 5.98. The van der Waals surface area contributed by atoms with Gasteiger partial charge in [-0.1, -0.05) is 11.6 Å². The number of rotatable bonds is 1. The van der Waals surface area contributed by atoms with Crippen molar-refractivity contribution in [1.82, 2.24) is 4.90 Å². The Labute approximate surface area is 163 Å². The monoisotopic (exact) mass is 380 g/mol. The number of ether oxygens (including phenoxy) is 2. The molecule has 1 spiro atoms. The molecule has 1 amide bonds. The zero-order chi connectivity index (χ0) is 18.8. The summed E-state index contributed by atoms with van der Waals surface area (Å²) in [5, 5.41) is 12.2. The van der Waals surface area contributed by atoms with Crippen LogP contribution >= 0.6 is 0 Å². The Morgan fingerprint density at radius 2 is 2.25 bits per heavy atom. The number of carbonyl (C=O) groups excluding carboxylic acids is 1. The summed E-state index contributed by atoms with van der Waals surface area (Å²) >= 11 is 0. The van der Waals surface area contributed by atoms with Gasteiger partial charge in [0, 0.05) is 24.7 Å². The van der Waals surface area contributed by atoms with Gasteiger partial charge in [0.1, 0.15) is 11.5 Å². The van der Waals surface area contributed by atoms with E-state index in [0.717, 1.165) is 42.9 Å². The van der Waals surface area contributed by atoms with Gasteiger partial charge < -0.3 is 19.5 Å². The molecule has 2 bridgehead atoms. The third-order valence-corrected chi connectivity index (χ3v) is 8.65. The Kier molecular flexibility index (Phi) is 2.74. The van der Waals surface area contributed by atoms with Gasteiger partial charge in [0.25, 0.3) is 0 Å². The zero-order valence-electron chi connectivity index (χ0n) is 15.9. The lowest BCUT2D eigenvalue weighted by Gasteiger charge is -2.62. The fourth-order valence-electron chi connectivity index (χ4n) is 7.68. The Morgan fingerprint density at radius 3 is 3.11 bits per heavy atom. The lowest BCUT2D eigenvalue weighted by atomic mass is 9.52. The fraction of sp³-hybridized carbons (Fsp3) is 0.591. The fourth-order valence-corrected chi connectivity index (χ4v) is 7.68. The van der Waals surface area contributed by atoms with Gasteiger partial charge in [-0.05, 0) is 42.5 Å². The van der Waals surface area contributed by atoms with E-state index in [4.69, 9.17) is 9.47 Å². The predicted molar refractivity (Wildman–Crippen MR) is 101 cm³/mol. The molecule has 146 valence electrons. The van der Waals surface area contributed by atoms with E-state index in [1.54, 1.807) is 7.11 Å². The molecule has 0 aromatic heterocycles. The first-order chi connectivity index (χ1) is 13.6. The van der Waals surface area contributed by atoms with Crippen molar-refractivity contribution in [2.24, 2.45) is 11.8 Å². The molecule has 5 heterocycles. The number of anilines is 1. The number of hydrogen-bond acceptors (Lipinski definition) is 5. The number of methoxy groups -OCH3 is 1. The Hall–Kier alpha value is -1.89. The minimum Gasteiger partial charge on any atom is -0.497 e. The number of benzene rings is 1. The van der Waals surface area contributed by atoms with Crippen LogP contribution in [0.25, 0.3) is 0 Å². The molecule has 6 aliphatic rings. The summed E-state index contributed by atoms with van der Waals surface area (Å²) in [5.74, 6) is 1.44. The van der Waals surface area contributed by atoms with Gasteiger partial charge in [-0.3, -0.25) is 9.69 Å². The summed E-state index contributed by atoms with van der Waals surface area (Å²) < 4.78 is 11.8. The van der Waals surface area contributed by atoms with Gasteiger partial charge in [-0.2, -0.15) is 0 Å². The van der Waals surface area contributed by atoms with Crippen molar-refractivity contribution < 1.29 is 19.4 Å². The highest BCUT2D eigenvalue weighted by molar-refractivity contribution is 5.99. The smallest absolute Gasteiger partial charge is 0.229 e. The first-order valence-corrected chi connectivity index (χ1v) is 10.4. The first-order valence-electron chi connectivity index (χ1n) is 10.4.